The van der Waals surface area contributed by atoms with Gasteiger partial charge in [0.15, 0.2) is 0 Å². The molecule has 2 heterocycles. The number of benzene rings is 2. The van der Waals surface area contributed by atoms with Gasteiger partial charge >= 0.3 is 6.03 Å². The highest BCUT2D eigenvalue weighted by atomic mass is 16.2. The van der Waals surface area contributed by atoms with E-state index in [1.165, 1.54) is 16.8 Å². The number of rotatable bonds is 3. The summed E-state index contributed by atoms with van der Waals surface area (Å²) in [6.45, 7) is 7.00. The Bertz CT molecular complexity index is 763. The lowest BCUT2D eigenvalue weighted by atomic mass is 10.0. The molecule has 4 heteroatoms. The Morgan fingerprint density at radius 3 is 2.52 bits per heavy atom. The Kier molecular flexibility index (Phi) is 4.12. The molecule has 2 aromatic rings. The van der Waals surface area contributed by atoms with Crippen LogP contribution in [-0.2, 0) is 6.42 Å². The normalized spacial score (nSPS) is 16.8. The number of nitrogens with one attached hydrogen (secondary N) is 1. The minimum Gasteiger partial charge on any atom is -0.364 e. The molecule has 0 saturated carbocycles. The summed E-state index contributed by atoms with van der Waals surface area (Å²) >= 11 is 0. The zero-order chi connectivity index (χ0) is 17.4. The smallest absolute Gasteiger partial charge is 0.321 e. The Labute approximate surface area is 149 Å². The molecule has 1 N–H and O–H groups in total. The Morgan fingerprint density at radius 2 is 1.80 bits per heavy atom. The van der Waals surface area contributed by atoms with Crippen molar-refractivity contribution < 1.29 is 4.79 Å². The molecule has 0 radical (unpaired) electrons. The molecular weight excluding hydrogens is 310 g/mol. The van der Waals surface area contributed by atoms with Crippen LogP contribution in [-0.4, -0.2) is 36.6 Å². The molecule has 4 nitrogen and oxygen atoms in total. The van der Waals surface area contributed by atoms with Crippen LogP contribution < -0.4 is 10.2 Å². The fraction of sp³-hybridized carbons (Fsp3) is 0.381. The van der Waals surface area contributed by atoms with E-state index in [0.717, 1.165) is 31.7 Å². The number of nitrogens with zero attached hydrogens (tertiary/aromatic N) is 2. The molecule has 25 heavy (non-hydrogen) atoms. The van der Waals surface area contributed by atoms with Crippen LogP contribution in [0.25, 0.3) is 0 Å². The SMILES string of the molecule is CC(C)c1ccc(NC(=O)N2CC(N3CCc4ccccc43)C2)cc1. The molecular formula is C21H25N3O. The lowest BCUT2D eigenvalue weighted by Gasteiger charge is -2.45. The number of hydrogen-bond acceptors (Lipinski definition) is 2. The first-order chi connectivity index (χ1) is 12.1. The number of fused-ring (bicyclic) bond motifs is 1. The fourth-order valence-corrected chi connectivity index (χ4v) is 3.72. The van der Waals surface area contributed by atoms with E-state index in [0.29, 0.717) is 12.0 Å². The highest BCUT2D eigenvalue weighted by Crippen LogP contribution is 2.32. The van der Waals surface area contributed by atoms with Crippen LogP contribution in [0.3, 0.4) is 0 Å². The van der Waals surface area contributed by atoms with E-state index in [1.807, 2.05) is 17.0 Å². The van der Waals surface area contributed by atoms with E-state index in [2.05, 4.69) is 60.5 Å². The van der Waals surface area contributed by atoms with Crippen LogP contribution in [0.4, 0.5) is 16.2 Å². The third-order valence-electron chi connectivity index (χ3n) is 5.34. The average molecular weight is 335 g/mol. The van der Waals surface area contributed by atoms with Gasteiger partial charge in [0.1, 0.15) is 0 Å². The first-order valence-electron chi connectivity index (χ1n) is 9.12. The van der Waals surface area contributed by atoms with Gasteiger partial charge in [-0.3, -0.25) is 0 Å². The average Bonchev–Trinajstić information content (AvgIpc) is 2.98. The van der Waals surface area contributed by atoms with Crippen LogP contribution in [0.2, 0.25) is 0 Å². The van der Waals surface area contributed by atoms with Crippen molar-refractivity contribution in [3.63, 3.8) is 0 Å². The molecule has 2 aliphatic heterocycles. The summed E-state index contributed by atoms with van der Waals surface area (Å²) in [7, 11) is 0. The zero-order valence-electron chi connectivity index (χ0n) is 14.9. The van der Waals surface area contributed by atoms with E-state index >= 15 is 0 Å². The second kappa shape index (κ2) is 6.43. The molecule has 2 aliphatic rings. The van der Waals surface area contributed by atoms with Crippen LogP contribution in [0.1, 0.15) is 30.9 Å². The molecule has 2 aromatic carbocycles. The first kappa shape index (κ1) is 16.0. The minimum atomic E-state index is 0.000953. The van der Waals surface area contributed by atoms with Crippen LogP contribution in [0.5, 0.6) is 0 Å². The number of carbonyl (C=O) groups excluding carboxylic acids is 1. The van der Waals surface area contributed by atoms with Gasteiger partial charge in [-0.25, -0.2) is 4.79 Å². The molecule has 130 valence electrons. The predicted octanol–water partition coefficient (Wildman–Crippen LogP) is 4.09. The summed E-state index contributed by atoms with van der Waals surface area (Å²) in [5.74, 6) is 0.504. The van der Waals surface area contributed by atoms with Gasteiger partial charge < -0.3 is 15.1 Å². The highest BCUT2D eigenvalue weighted by Gasteiger charge is 2.37. The lowest BCUT2D eigenvalue weighted by molar-refractivity contribution is 0.162. The molecule has 1 fully saturated rings. The van der Waals surface area contributed by atoms with E-state index in [-0.39, 0.29) is 6.03 Å². The molecule has 0 spiro atoms. The van der Waals surface area contributed by atoms with Gasteiger partial charge in [-0.05, 0) is 41.7 Å². The number of para-hydroxylation sites is 1. The van der Waals surface area contributed by atoms with Crippen molar-refractivity contribution in [3.05, 3.63) is 59.7 Å². The Morgan fingerprint density at radius 1 is 1.08 bits per heavy atom. The molecule has 0 aliphatic carbocycles. The monoisotopic (exact) mass is 335 g/mol. The number of hydrogen-bond donors (Lipinski definition) is 1. The number of carbonyl (C=O) groups is 1. The van der Waals surface area contributed by atoms with Crippen molar-refractivity contribution in [2.75, 3.05) is 29.9 Å². The highest BCUT2D eigenvalue weighted by molar-refractivity contribution is 5.90. The number of urea groups is 1. The second-order valence-corrected chi connectivity index (χ2v) is 7.34. The molecule has 1 saturated heterocycles. The van der Waals surface area contributed by atoms with Gasteiger partial charge in [-0.2, -0.15) is 0 Å². The first-order valence-corrected chi connectivity index (χ1v) is 9.12. The summed E-state index contributed by atoms with van der Waals surface area (Å²) in [5, 5.41) is 3.01. The second-order valence-electron chi connectivity index (χ2n) is 7.34. The Balaban J connectivity index is 1.32. The van der Waals surface area contributed by atoms with Crippen molar-refractivity contribution >= 4 is 17.4 Å². The van der Waals surface area contributed by atoms with Crippen molar-refractivity contribution in [2.45, 2.75) is 32.2 Å². The van der Waals surface area contributed by atoms with Gasteiger partial charge in [0.2, 0.25) is 0 Å². The number of amides is 2. The predicted molar refractivity (Wildman–Crippen MR) is 102 cm³/mol. The van der Waals surface area contributed by atoms with Gasteiger partial charge in [0, 0.05) is 31.0 Å². The molecule has 2 amide bonds. The quantitative estimate of drug-likeness (QED) is 0.917. The van der Waals surface area contributed by atoms with E-state index in [1.54, 1.807) is 0 Å². The lowest BCUT2D eigenvalue weighted by Crippen LogP contribution is -2.61. The molecule has 0 aromatic heterocycles. The summed E-state index contributed by atoms with van der Waals surface area (Å²) < 4.78 is 0. The summed E-state index contributed by atoms with van der Waals surface area (Å²) in [6, 6.07) is 17.2. The maximum Gasteiger partial charge on any atom is 0.321 e. The number of anilines is 2. The molecule has 4 rings (SSSR count). The van der Waals surface area contributed by atoms with Crippen molar-refractivity contribution in [3.8, 4) is 0 Å². The maximum absolute atomic E-state index is 12.4. The zero-order valence-corrected chi connectivity index (χ0v) is 14.9. The maximum atomic E-state index is 12.4. The van der Waals surface area contributed by atoms with E-state index < -0.39 is 0 Å². The summed E-state index contributed by atoms with van der Waals surface area (Å²) in [5.41, 5.74) is 4.92. The van der Waals surface area contributed by atoms with Gasteiger partial charge in [0.25, 0.3) is 0 Å². The molecule has 0 bridgehead atoms. The fourth-order valence-electron chi connectivity index (χ4n) is 3.72. The standard InChI is InChI=1S/C21H25N3O/c1-15(2)16-7-9-18(10-8-16)22-21(25)23-13-19(14-23)24-12-11-17-5-3-4-6-20(17)24/h3-10,15,19H,11-14H2,1-2H3,(H,22,25). The van der Waals surface area contributed by atoms with Crippen LogP contribution >= 0.6 is 0 Å². The van der Waals surface area contributed by atoms with Crippen molar-refractivity contribution in [2.24, 2.45) is 0 Å². The summed E-state index contributed by atoms with van der Waals surface area (Å²) in [4.78, 5) is 16.8. The van der Waals surface area contributed by atoms with E-state index in [9.17, 15) is 4.79 Å². The summed E-state index contributed by atoms with van der Waals surface area (Å²) in [6.07, 6.45) is 1.11. The third kappa shape index (κ3) is 3.09. The minimum absolute atomic E-state index is 0.000953. The third-order valence-corrected chi connectivity index (χ3v) is 5.34. The largest absolute Gasteiger partial charge is 0.364 e. The van der Waals surface area contributed by atoms with Crippen molar-refractivity contribution in [1.29, 1.82) is 0 Å². The Hall–Kier alpha value is -2.49. The number of likely N-dealkylation sites (tertiary alicyclic amines) is 1. The van der Waals surface area contributed by atoms with Crippen molar-refractivity contribution in [1.82, 2.24) is 4.90 Å². The van der Waals surface area contributed by atoms with Crippen LogP contribution in [0.15, 0.2) is 48.5 Å². The molecule has 0 atom stereocenters. The molecule has 0 unspecified atom stereocenters. The topological polar surface area (TPSA) is 35.6 Å². The van der Waals surface area contributed by atoms with Gasteiger partial charge in [0.05, 0.1) is 6.04 Å². The van der Waals surface area contributed by atoms with Gasteiger partial charge in [-0.15, -0.1) is 0 Å². The van der Waals surface area contributed by atoms with E-state index in [4.69, 9.17) is 0 Å². The van der Waals surface area contributed by atoms with Gasteiger partial charge in [-0.1, -0.05) is 44.2 Å². The van der Waals surface area contributed by atoms with Crippen LogP contribution in [0, 0.1) is 0 Å².